The van der Waals surface area contributed by atoms with E-state index in [9.17, 15) is 9.90 Å². The van der Waals surface area contributed by atoms with E-state index in [2.05, 4.69) is 0 Å². The van der Waals surface area contributed by atoms with Crippen LogP contribution in [0.25, 0.3) is 11.6 Å². The van der Waals surface area contributed by atoms with E-state index in [4.69, 9.17) is 21.1 Å². The third-order valence-electron chi connectivity index (χ3n) is 3.82. The highest BCUT2D eigenvalue weighted by atomic mass is 35.5. The van der Waals surface area contributed by atoms with Gasteiger partial charge in [-0.3, -0.25) is 0 Å². The number of carbonyl (C=O) groups is 1. The molecule has 0 saturated heterocycles. The second-order valence-corrected chi connectivity index (χ2v) is 5.81. The molecule has 0 radical (unpaired) electrons. The van der Waals surface area contributed by atoms with Crippen LogP contribution >= 0.6 is 11.6 Å². The Labute approximate surface area is 146 Å². The van der Waals surface area contributed by atoms with Crippen LogP contribution in [0.5, 0.6) is 11.5 Å². The fraction of sp³-hybridized carbons (Fsp3) is 0.211. The number of carboxylic acids is 1. The summed E-state index contributed by atoms with van der Waals surface area (Å²) in [6.07, 6.45) is 1.57. The van der Waals surface area contributed by atoms with Gasteiger partial charge in [-0.2, -0.15) is 0 Å². The molecular formula is C19H19ClO4. The predicted molar refractivity (Wildman–Crippen MR) is 96.0 cm³/mol. The largest absolute Gasteiger partial charge is 0.493 e. The zero-order chi connectivity index (χ0) is 17.9. The number of methoxy groups -OCH3 is 2. The number of hydrogen-bond donors (Lipinski definition) is 1. The number of benzene rings is 2. The number of carboxylic acid groups (broad SMARTS) is 1. The second kappa shape index (κ2) is 7.41. The third kappa shape index (κ3) is 3.71. The Balaban J connectivity index is 2.58. The third-order valence-corrected chi connectivity index (χ3v) is 4.10. The highest BCUT2D eigenvalue weighted by Gasteiger charge is 2.14. The molecule has 24 heavy (non-hydrogen) atoms. The van der Waals surface area contributed by atoms with Gasteiger partial charge in [-0.25, -0.2) is 4.79 Å². The Kier molecular flexibility index (Phi) is 5.52. The molecule has 0 aliphatic heterocycles. The maximum absolute atomic E-state index is 11.7. The lowest BCUT2D eigenvalue weighted by atomic mass is 9.98. The first-order valence-electron chi connectivity index (χ1n) is 7.31. The fourth-order valence-electron chi connectivity index (χ4n) is 2.37. The van der Waals surface area contributed by atoms with Gasteiger partial charge in [-0.05, 0) is 54.3 Å². The molecule has 2 rings (SSSR count). The van der Waals surface area contributed by atoms with E-state index in [1.165, 1.54) is 14.2 Å². The number of aryl methyl sites for hydroxylation is 2. The molecule has 126 valence electrons. The number of hydrogen-bond acceptors (Lipinski definition) is 3. The van der Waals surface area contributed by atoms with Crippen LogP contribution in [-0.2, 0) is 4.79 Å². The van der Waals surface area contributed by atoms with Gasteiger partial charge in [0, 0.05) is 0 Å². The minimum absolute atomic E-state index is 0.182. The van der Waals surface area contributed by atoms with Crippen molar-refractivity contribution in [2.45, 2.75) is 13.8 Å². The number of rotatable bonds is 5. The van der Waals surface area contributed by atoms with E-state index < -0.39 is 5.97 Å². The molecule has 0 aromatic heterocycles. The Morgan fingerprint density at radius 3 is 2.33 bits per heavy atom. The molecule has 0 unspecified atom stereocenters. The average Bonchev–Trinajstić information content (AvgIpc) is 2.54. The first kappa shape index (κ1) is 17.9. The van der Waals surface area contributed by atoms with Gasteiger partial charge >= 0.3 is 5.97 Å². The van der Waals surface area contributed by atoms with Crippen LogP contribution in [0.4, 0.5) is 0 Å². The molecule has 2 aromatic carbocycles. The van der Waals surface area contributed by atoms with Crippen LogP contribution in [0.2, 0.25) is 5.02 Å². The highest BCUT2D eigenvalue weighted by Crippen LogP contribution is 2.37. The van der Waals surface area contributed by atoms with E-state index in [1.807, 2.05) is 26.0 Å². The summed E-state index contributed by atoms with van der Waals surface area (Å²) in [4.78, 5) is 11.7. The van der Waals surface area contributed by atoms with Gasteiger partial charge in [0.25, 0.3) is 0 Å². The normalized spacial score (nSPS) is 11.3. The minimum Gasteiger partial charge on any atom is -0.493 e. The fourth-order valence-corrected chi connectivity index (χ4v) is 2.66. The summed E-state index contributed by atoms with van der Waals surface area (Å²) < 4.78 is 10.4. The average molecular weight is 347 g/mol. The summed E-state index contributed by atoms with van der Waals surface area (Å²) in [5, 5.41) is 9.94. The van der Waals surface area contributed by atoms with Crippen molar-refractivity contribution in [2.24, 2.45) is 0 Å². The van der Waals surface area contributed by atoms with Gasteiger partial charge in [0.1, 0.15) is 0 Å². The molecule has 0 aliphatic rings. The monoisotopic (exact) mass is 346 g/mol. The zero-order valence-corrected chi connectivity index (χ0v) is 14.8. The van der Waals surface area contributed by atoms with Gasteiger partial charge in [0.15, 0.2) is 11.5 Å². The predicted octanol–water partition coefficient (Wildman–Crippen LogP) is 4.60. The quantitative estimate of drug-likeness (QED) is 0.635. The molecule has 4 nitrogen and oxygen atoms in total. The summed E-state index contributed by atoms with van der Waals surface area (Å²) in [6, 6.07) is 8.90. The van der Waals surface area contributed by atoms with E-state index in [0.717, 1.165) is 11.1 Å². The Morgan fingerprint density at radius 1 is 1.08 bits per heavy atom. The summed E-state index contributed by atoms with van der Waals surface area (Å²) in [7, 11) is 3.00. The van der Waals surface area contributed by atoms with E-state index >= 15 is 0 Å². The molecular weight excluding hydrogens is 328 g/mol. The van der Waals surface area contributed by atoms with Crippen molar-refractivity contribution in [3.8, 4) is 11.5 Å². The second-order valence-electron chi connectivity index (χ2n) is 5.40. The molecule has 0 atom stereocenters. The first-order valence-corrected chi connectivity index (χ1v) is 7.69. The molecule has 5 heteroatoms. The van der Waals surface area contributed by atoms with Crippen molar-refractivity contribution in [3.05, 3.63) is 57.6 Å². The molecule has 0 fully saturated rings. The van der Waals surface area contributed by atoms with Gasteiger partial charge in [0.2, 0.25) is 0 Å². The lowest BCUT2D eigenvalue weighted by Crippen LogP contribution is -2.01. The van der Waals surface area contributed by atoms with Crippen LogP contribution in [0.15, 0.2) is 30.3 Å². The highest BCUT2D eigenvalue weighted by molar-refractivity contribution is 6.32. The molecule has 0 spiro atoms. The van der Waals surface area contributed by atoms with Gasteiger partial charge in [0.05, 0.1) is 24.8 Å². The molecule has 2 aromatic rings. The Bertz CT molecular complexity index is 809. The van der Waals surface area contributed by atoms with E-state index in [1.54, 1.807) is 24.3 Å². The van der Waals surface area contributed by atoms with Crippen molar-refractivity contribution >= 4 is 29.2 Å². The SMILES string of the molecule is COc1cc(/C=C(\C(=O)O)c2ccc(C)c(C)c2)cc(Cl)c1OC. The summed E-state index contributed by atoms with van der Waals surface area (Å²) in [6.45, 7) is 3.93. The Hall–Kier alpha value is -2.46. The zero-order valence-electron chi connectivity index (χ0n) is 14.0. The standard InChI is InChI=1S/C19H19ClO4/c1-11-5-6-14(7-12(11)2)15(19(21)22)8-13-9-16(20)18(24-4)17(10-13)23-3/h5-10H,1-4H3,(H,21,22)/b15-8-. The number of aliphatic carboxylic acids is 1. The molecule has 0 saturated carbocycles. The van der Waals surface area contributed by atoms with Crippen molar-refractivity contribution in [1.29, 1.82) is 0 Å². The summed E-state index contributed by atoms with van der Waals surface area (Å²) >= 11 is 6.19. The molecule has 0 amide bonds. The van der Waals surface area contributed by atoms with Crippen LogP contribution in [0.1, 0.15) is 22.3 Å². The molecule has 0 heterocycles. The lowest BCUT2D eigenvalue weighted by Gasteiger charge is -2.11. The Morgan fingerprint density at radius 2 is 1.79 bits per heavy atom. The van der Waals surface area contributed by atoms with Crippen molar-refractivity contribution in [2.75, 3.05) is 14.2 Å². The maximum Gasteiger partial charge on any atom is 0.336 e. The van der Waals surface area contributed by atoms with Gasteiger partial charge in [-0.1, -0.05) is 29.8 Å². The summed E-state index contributed by atoms with van der Waals surface area (Å²) in [5.74, 6) is -0.149. The first-order chi connectivity index (χ1) is 11.4. The van der Waals surface area contributed by atoms with Crippen molar-refractivity contribution in [1.82, 2.24) is 0 Å². The van der Waals surface area contributed by atoms with E-state index in [0.29, 0.717) is 27.6 Å². The van der Waals surface area contributed by atoms with Crippen molar-refractivity contribution < 1.29 is 19.4 Å². The van der Waals surface area contributed by atoms with Crippen LogP contribution in [0.3, 0.4) is 0 Å². The van der Waals surface area contributed by atoms with Gasteiger partial charge < -0.3 is 14.6 Å². The maximum atomic E-state index is 11.7. The van der Waals surface area contributed by atoms with E-state index in [-0.39, 0.29) is 5.57 Å². The summed E-state index contributed by atoms with van der Waals surface area (Å²) in [5.41, 5.74) is 3.58. The lowest BCUT2D eigenvalue weighted by molar-refractivity contribution is -0.130. The molecule has 1 N–H and O–H groups in total. The number of halogens is 1. The topological polar surface area (TPSA) is 55.8 Å². The minimum atomic E-state index is -1.01. The van der Waals surface area contributed by atoms with Crippen molar-refractivity contribution in [3.63, 3.8) is 0 Å². The van der Waals surface area contributed by atoms with Crippen LogP contribution in [-0.4, -0.2) is 25.3 Å². The number of ether oxygens (including phenoxy) is 2. The van der Waals surface area contributed by atoms with Crippen LogP contribution < -0.4 is 9.47 Å². The van der Waals surface area contributed by atoms with Gasteiger partial charge in [-0.15, -0.1) is 0 Å². The molecule has 0 bridgehead atoms. The smallest absolute Gasteiger partial charge is 0.336 e. The van der Waals surface area contributed by atoms with Crippen LogP contribution in [0, 0.1) is 13.8 Å². The molecule has 0 aliphatic carbocycles.